The number of methoxy groups -OCH3 is 1. The fourth-order valence-corrected chi connectivity index (χ4v) is 3.13. The molecule has 0 aromatic heterocycles. The molecule has 1 aromatic rings. The highest BCUT2D eigenvalue weighted by Crippen LogP contribution is 2.29. The van der Waals surface area contributed by atoms with E-state index in [1.807, 2.05) is 6.07 Å². The molecule has 1 N–H and O–H groups in total. The summed E-state index contributed by atoms with van der Waals surface area (Å²) in [6, 6.07) is 7.42. The Morgan fingerprint density at radius 2 is 2.15 bits per heavy atom. The number of rotatable bonds is 7. The van der Waals surface area contributed by atoms with Gasteiger partial charge in [0.1, 0.15) is 18.2 Å². The molecule has 5 nitrogen and oxygen atoms in total. The molecule has 1 amide bonds. The largest absolute Gasteiger partial charge is 0.493 e. The standard InChI is InChI=1S/C21H26N2O3/c1-4-11-26-19-10-9-16(13-20(19)25-3)12-17(14-22)21(24)23-18-8-6-5-7-15(18)2/h4,9-10,12-13,15,18H,1,5-8,11H2,2-3H3,(H,23,24)/b17-12+. The highest BCUT2D eigenvalue weighted by molar-refractivity contribution is 6.01. The Bertz CT molecular complexity index is 718. The van der Waals surface area contributed by atoms with Crippen molar-refractivity contribution >= 4 is 12.0 Å². The number of carbonyl (C=O) groups excluding carboxylic acids is 1. The minimum atomic E-state index is -0.322. The Hall–Kier alpha value is -2.74. The zero-order valence-corrected chi connectivity index (χ0v) is 15.5. The average Bonchev–Trinajstić information content (AvgIpc) is 2.66. The second-order valence-electron chi connectivity index (χ2n) is 6.52. The van der Waals surface area contributed by atoms with Crippen LogP contribution in [0.2, 0.25) is 0 Å². The van der Waals surface area contributed by atoms with Gasteiger partial charge in [-0.2, -0.15) is 5.26 Å². The van der Waals surface area contributed by atoms with Crippen molar-refractivity contribution in [3.05, 3.63) is 42.0 Å². The lowest BCUT2D eigenvalue weighted by Crippen LogP contribution is -2.41. The van der Waals surface area contributed by atoms with E-state index in [1.54, 1.807) is 37.5 Å². The Balaban J connectivity index is 2.15. The lowest BCUT2D eigenvalue weighted by atomic mass is 9.86. The maximum Gasteiger partial charge on any atom is 0.262 e. The van der Waals surface area contributed by atoms with Crippen LogP contribution in [0.4, 0.5) is 0 Å². The van der Waals surface area contributed by atoms with Crippen molar-refractivity contribution in [2.75, 3.05) is 13.7 Å². The molecule has 1 saturated carbocycles. The van der Waals surface area contributed by atoms with Crippen LogP contribution in [-0.2, 0) is 4.79 Å². The van der Waals surface area contributed by atoms with Gasteiger partial charge in [0.05, 0.1) is 7.11 Å². The smallest absolute Gasteiger partial charge is 0.262 e. The van der Waals surface area contributed by atoms with Crippen LogP contribution in [0, 0.1) is 17.2 Å². The van der Waals surface area contributed by atoms with Crippen LogP contribution in [0.25, 0.3) is 6.08 Å². The Kier molecular flexibility index (Phi) is 7.28. The Morgan fingerprint density at radius 3 is 2.81 bits per heavy atom. The van der Waals surface area contributed by atoms with E-state index >= 15 is 0 Å². The molecule has 0 radical (unpaired) electrons. The molecule has 26 heavy (non-hydrogen) atoms. The van der Waals surface area contributed by atoms with Gasteiger partial charge in [0.2, 0.25) is 0 Å². The fraction of sp³-hybridized carbons (Fsp3) is 0.429. The van der Waals surface area contributed by atoms with Crippen molar-refractivity contribution < 1.29 is 14.3 Å². The fourth-order valence-electron chi connectivity index (χ4n) is 3.13. The molecule has 2 unspecified atom stereocenters. The molecular weight excluding hydrogens is 328 g/mol. The first kappa shape index (κ1) is 19.6. The predicted molar refractivity (Wildman–Crippen MR) is 102 cm³/mol. The highest BCUT2D eigenvalue weighted by atomic mass is 16.5. The number of nitriles is 1. The molecule has 0 aliphatic heterocycles. The molecule has 1 aromatic carbocycles. The van der Waals surface area contributed by atoms with Crippen LogP contribution >= 0.6 is 0 Å². The van der Waals surface area contributed by atoms with E-state index in [4.69, 9.17) is 9.47 Å². The zero-order valence-electron chi connectivity index (χ0n) is 15.5. The van der Waals surface area contributed by atoms with Gasteiger partial charge in [0.15, 0.2) is 11.5 Å². The SMILES string of the molecule is C=CCOc1ccc(/C=C(\C#N)C(=O)NC2CCCCC2C)cc1OC. The van der Waals surface area contributed by atoms with Gasteiger partial charge in [-0.1, -0.05) is 38.5 Å². The Labute approximate surface area is 155 Å². The Morgan fingerprint density at radius 1 is 1.38 bits per heavy atom. The van der Waals surface area contributed by atoms with Crippen molar-refractivity contribution in [3.8, 4) is 17.6 Å². The van der Waals surface area contributed by atoms with E-state index in [0.29, 0.717) is 29.6 Å². The molecule has 1 fully saturated rings. The first-order chi connectivity index (χ1) is 12.6. The van der Waals surface area contributed by atoms with Crippen molar-refractivity contribution in [2.45, 2.75) is 38.6 Å². The van der Waals surface area contributed by atoms with Crippen LogP contribution in [0.3, 0.4) is 0 Å². The summed E-state index contributed by atoms with van der Waals surface area (Å²) < 4.78 is 10.8. The first-order valence-electron chi connectivity index (χ1n) is 8.93. The molecule has 2 atom stereocenters. The second-order valence-corrected chi connectivity index (χ2v) is 6.52. The number of amides is 1. The monoisotopic (exact) mass is 354 g/mol. The topological polar surface area (TPSA) is 71.3 Å². The third kappa shape index (κ3) is 5.13. The number of hydrogen-bond acceptors (Lipinski definition) is 4. The molecular formula is C21H26N2O3. The maximum atomic E-state index is 12.5. The summed E-state index contributed by atoms with van der Waals surface area (Å²) in [4.78, 5) is 12.5. The molecule has 0 saturated heterocycles. The summed E-state index contributed by atoms with van der Waals surface area (Å²) in [5.74, 6) is 1.24. The average molecular weight is 354 g/mol. The van der Waals surface area contributed by atoms with Crippen LogP contribution in [0.5, 0.6) is 11.5 Å². The first-order valence-corrected chi connectivity index (χ1v) is 8.93. The van der Waals surface area contributed by atoms with Gasteiger partial charge in [0.25, 0.3) is 5.91 Å². The van der Waals surface area contributed by atoms with Crippen LogP contribution < -0.4 is 14.8 Å². The normalized spacial score (nSPS) is 20.0. The summed E-state index contributed by atoms with van der Waals surface area (Å²) >= 11 is 0. The molecule has 1 aliphatic rings. The van der Waals surface area contributed by atoms with Gasteiger partial charge in [-0.15, -0.1) is 0 Å². The number of ether oxygens (including phenoxy) is 2. The predicted octanol–water partition coefficient (Wildman–Crippen LogP) is 3.86. The van der Waals surface area contributed by atoms with Crippen molar-refractivity contribution in [1.82, 2.24) is 5.32 Å². The third-order valence-electron chi connectivity index (χ3n) is 4.65. The number of nitrogens with zero attached hydrogens (tertiary/aromatic N) is 1. The van der Waals surface area contributed by atoms with Gasteiger partial charge in [-0.25, -0.2) is 0 Å². The van der Waals surface area contributed by atoms with Gasteiger partial charge < -0.3 is 14.8 Å². The maximum absolute atomic E-state index is 12.5. The molecule has 138 valence electrons. The lowest BCUT2D eigenvalue weighted by Gasteiger charge is -2.29. The quantitative estimate of drug-likeness (QED) is 0.458. The molecule has 0 heterocycles. The van der Waals surface area contributed by atoms with Crippen LogP contribution in [-0.4, -0.2) is 25.7 Å². The molecule has 5 heteroatoms. The van der Waals surface area contributed by atoms with Gasteiger partial charge in [-0.05, 0) is 42.5 Å². The zero-order chi connectivity index (χ0) is 18.9. The van der Waals surface area contributed by atoms with E-state index in [9.17, 15) is 10.1 Å². The number of hydrogen-bond donors (Lipinski definition) is 1. The lowest BCUT2D eigenvalue weighted by molar-refractivity contribution is -0.118. The molecule has 0 bridgehead atoms. The number of carbonyl (C=O) groups is 1. The minimum absolute atomic E-state index is 0.0876. The van der Waals surface area contributed by atoms with Gasteiger partial charge in [0, 0.05) is 6.04 Å². The second kappa shape index (κ2) is 9.67. The van der Waals surface area contributed by atoms with E-state index in [2.05, 4.69) is 18.8 Å². The van der Waals surface area contributed by atoms with Gasteiger partial charge >= 0.3 is 0 Å². The van der Waals surface area contributed by atoms with Crippen molar-refractivity contribution in [2.24, 2.45) is 5.92 Å². The van der Waals surface area contributed by atoms with Crippen molar-refractivity contribution in [3.63, 3.8) is 0 Å². The van der Waals surface area contributed by atoms with Crippen LogP contribution in [0.1, 0.15) is 38.2 Å². The summed E-state index contributed by atoms with van der Waals surface area (Å²) in [5.41, 5.74) is 0.792. The molecule has 2 rings (SSSR count). The third-order valence-corrected chi connectivity index (χ3v) is 4.65. The summed E-state index contributed by atoms with van der Waals surface area (Å²) in [6.45, 7) is 6.13. The van der Waals surface area contributed by atoms with Crippen molar-refractivity contribution in [1.29, 1.82) is 5.26 Å². The number of nitrogens with one attached hydrogen (secondary N) is 1. The van der Waals surface area contributed by atoms with E-state index in [-0.39, 0.29) is 17.5 Å². The highest BCUT2D eigenvalue weighted by Gasteiger charge is 2.24. The van der Waals surface area contributed by atoms with E-state index in [0.717, 1.165) is 19.3 Å². The summed E-state index contributed by atoms with van der Waals surface area (Å²) in [5, 5.41) is 12.4. The summed E-state index contributed by atoms with van der Waals surface area (Å²) in [7, 11) is 1.55. The number of benzene rings is 1. The minimum Gasteiger partial charge on any atom is -0.493 e. The van der Waals surface area contributed by atoms with Crippen LogP contribution in [0.15, 0.2) is 36.4 Å². The molecule has 0 spiro atoms. The van der Waals surface area contributed by atoms with E-state index < -0.39 is 0 Å². The molecule has 1 aliphatic carbocycles. The summed E-state index contributed by atoms with van der Waals surface area (Å²) in [6.07, 6.45) is 7.62. The van der Waals surface area contributed by atoms with E-state index in [1.165, 1.54) is 6.42 Å². The van der Waals surface area contributed by atoms with Gasteiger partial charge in [-0.3, -0.25) is 4.79 Å².